The lowest BCUT2D eigenvalue weighted by molar-refractivity contribution is -0.125. The normalized spacial score (nSPS) is 37.8. The predicted octanol–water partition coefficient (Wildman–Crippen LogP) is 2.11. The first-order valence-electron chi connectivity index (χ1n) is 7.28. The summed E-state index contributed by atoms with van der Waals surface area (Å²) >= 11 is 0. The van der Waals surface area contributed by atoms with Crippen LogP contribution in [0.15, 0.2) is 12.2 Å². The van der Waals surface area contributed by atoms with Crippen LogP contribution in [0.1, 0.15) is 39.5 Å². The van der Waals surface area contributed by atoms with Crippen LogP contribution in [0.2, 0.25) is 0 Å². The summed E-state index contributed by atoms with van der Waals surface area (Å²) in [4.78, 5) is 0. The van der Waals surface area contributed by atoms with Crippen molar-refractivity contribution in [3.05, 3.63) is 12.2 Å². The van der Waals surface area contributed by atoms with Crippen molar-refractivity contribution in [2.75, 3.05) is 13.7 Å². The number of hydrogen-bond donors (Lipinski definition) is 2. The van der Waals surface area contributed by atoms with Gasteiger partial charge < -0.3 is 15.2 Å². The average Bonchev–Trinajstić information content (AvgIpc) is 2.83. The third-order valence-electron chi connectivity index (χ3n) is 5.21. The molecule has 4 atom stereocenters. The molecule has 104 valence electrons. The maximum atomic E-state index is 9.17. The molecule has 0 aromatic carbocycles. The summed E-state index contributed by atoms with van der Waals surface area (Å²) in [6.45, 7) is 4.81. The lowest BCUT2D eigenvalue weighted by atomic mass is 9.58. The van der Waals surface area contributed by atoms with Gasteiger partial charge in [-0.3, -0.25) is 0 Å². The minimum Gasteiger partial charge on any atom is -0.396 e. The number of methoxy groups -OCH3 is 1. The largest absolute Gasteiger partial charge is 0.396 e. The zero-order valence-electron chi connectivity index (χ0n) is 11.9. The number of ether oxygens (including phenoxy) is 1. The second kappa shape index (κ2) is 5.72. The molecule has 0 aliphatic heterocycles. The van der Waals surface area contributed by atoms with Crippen molar-refractivity contribution in [2.24, 2.45) is 11.3 Å². The maximum Gasteiger partial charge on any atom is 0.0657 e. The van der Waals surface area contributed by atoms with Gasteiger partial charge in [0.1, 0.15) is 0 Å². The van der Waals surface area contributed by atoms with Crippen LogP contribution in [0.25, 0.3) is 0 Å². The van der Waals surface area contributed by atoms with E-state index in [9.17, 15) is 0 Å². The van der Waals surface area contributed by atoms with Crippen LogP contribution in [0.4, 0.5) is 0 Å². The van der Waals surface area contributed by atoms with E-state index in [1.165, 1.54) is 12.8 Å². The zero-order chi connectivity index (χ0) is 13.2. The molecule has 0 radical (unpaired) electrons. The van der Waals surface area contributed by atoms with E-state index >= 15 is 0 Å². The molecule has 2 aliphatic carbocycles. The van der Waals surface area contributed by atoms with Crippen molar-refractivity contribution in [1.29, 1.82) is 0 Å². The van der Waals surface area contributed by atoms with Crippen molar-refractivity contribution in [1.82, 2.24) is 5.32 Å². The number of nitrogens with one attached hydrogen (secondary N) is 1. The molecule has 1 saturated carbocycles. The van der Waals surface area contributed by atoms with Crippen molar-refractivity contribution in [2.45, 2.75) is 57.7 Å². The lowest BCUT2D eigenvalue weighted by Gasteiger charge is -2.56. The summed E-state index contributed by atoms with van der Waals surface area (Å²) < 4.78 is 5.62. The van der Waals surface area contributed by atoms with Gasteiger partial charge in [-0.1, -0.05) is 26.0 Å². The number of hydrogen-bond acceptors (Lipinski definition) is 3. The Labute approximate surface area is 111 Å². The summed E-state index contributed by atoms with van der Waals surface area (Å²) in [7, 11) is 1.83. The first-order chi connectivity index (χ1) is 8.70. The molecule has 2 N–H and O–H groups in total. The molecule has 3 heteroatoms. The Morgan fingerprint density at radius 1 is 1.28 bits per heavy atom. The summed E-state index contributed by atoms with van der Waals surface area (Å²) in [6, 6.07) is 0.993. The van der Waals surface area contributed by atoms with Gasteiger partial charge in [-0.25, -0.2) is 0 Å². The van der Waals surface area contributed by atoms with E-state index in [-0.39, 0.29) is 6.61 Å². The molecule has 0 spiro atoms. The van der Waals surface area contributed by atoms with Gasteiger partial charge in [-0.05, 0) is 25.7 Å². The van der Waals surface area contributed by atoms with Crippen LogP contribution >= 0.6 is 0 Å². The van der Waals surface area contributed by atoms with Crippen LogP contribution in [0.3, 0.4) is 0 Å². The Morgan fingerprint density at radius 3 is 2.50 bits per heavy atom. The standard InChI is InChI=1S/C15H27NO2/c1-4-15(5-2)13(9-14(15)18-3)16-12-7-6-11(8-12)10-17/h6-7,11-14,16-17H,4-5,8-10H2,1-3H3/t11-,12+,13-,14-/m0/s1. The van der Waals surface area contributed by atoms with Crippen LogP contribution in [0, 0.1) is 11.3 Å². The van der Waals surface area contributed by atoms with E-state index in [2.05, 4.69) is 31.3 Å². The van der Waals surface area contributed by atoms with Gasteiger partial charge in [0.05, 0.1) is 6.10 Å². The average molecular weight is 253 g/mol. The predicted molar refractivity (Wildman–Crippen MR) is 73.5 cm³/mol. The monoisotopic (exact) mass is 253 g/mol. The van der Waals surface area contributed by atoms with E-state index in [1.807, 2.05) is 7.11 Å². The summed E-state index contributed by atoms with van der Waals surface area (Å²) in [5.41, 5.74) is 0.305. The van der Waals surface area contributed by atoms with Crippen molar-refractivity contribution < 1.29 is 9.84 Å². The molecule has 0 heterocycles. The van der Waals surface area contributed by atoms with Gasteiger partial charge in [0.2, 0.25) is 0 Å². The SMILES string of the molecule is CCC1(CC)[C@@H](N[C@@H]2C=C[C@H](CO)C2)C[C@@H]1OC. The van der Waals surface area contributed by atoms with E-state index in [0.717, 1.165) is 12.8 Å². The van der Waals surface area contributed by atoms with E-state index in [4.69, 9.17) is 9.84 Å². The van der Waals surface area contributed by atoms with E-state index in [0.29, 0.717) is 29.5 Å². The smallest absolute Gasteiger partial charge is 0.0657 e. The number of aliphatic hydroxyl groups is 1. The van der Waals surface area contributed by atoms with Gasteiger partial charge in [0.15, 0.2) is 0 Å². The summed E-state index contributed by atoms with van der Waals surface area (Å²) in [5, 5.41) is 12.9. The first-order valence-corrected chi connectivity index (χ1v) is 7.28. The van der Waals surface area contributed by atoms with Gasteiger partial charge >= 0.3 is 0 Å². The molecule has 0 amide bonds. The fraction of sp³-hybridized carbons (Fsp3) is 0.867. The molecular formula is C15H27NO2. The van der Waals surface area contributed by atoms with Gasteiger partial charge in [0, 0.05) is 37.1 Å². The van der Waals surface area contributed by atoms with Crippen molar-refractivity contribution in [3.8, 4) is 0 Å². The molecule has 3 nitrogen and oxygen atoms in total. The van der Waals surface area contributed by atoms with Crippen LogP contribution in [-0.4, -0.2) is 37.0 Å². The highest BCUT2D eigenvalue weighted by molar-refractivity contribution is 5.12. The Balaban J connectivity index is 1.93. The Bertz CT molecular complexity index is 299. The second-order valence-corrected chi connectivity index (χ2v) is 5.79. The number of rotatable bonds is 6. The molecule has 0 bridgehead atoms. The quantitative estimate of drug-likeness (QED) is 0.712. The fourth-order valence-corrected chi connectivity index (χ4v) is 3.80. The number of aliphatic hydroxyl groups excluding tert-OH is 1. The minimum atomic E-state index is 0.271. The molecule has 2 aliphatic rings. The van der Waals surface area contributed by atoms with E-state index < -0.39 is 0 Å². The zero-order valence-corrected chi connectivity index (χ0v) is 11.9. The third kappa shape index (κ3) is 2.24. The molecule has 18 heavy (non-hydrogen) atoms. The highest BCUT2D eigenvalue weighted by Gasteiger charge is 2.53. The first kappa shape index (κ1) is 14.0. The Hall–Kier alpha value is -0.380. The summed E-state index contributed by atoms with van der Waals surface area (Å²) in [5.74, 6) is 0.346. The molecule has 1 fully saturated rings. The van der Waals surface area contributed by atoms with Gasteiger partial charge in [0.25, 0.3) is 0 Å². The van der Waals surface area contributed by atoms with Gasteiger partial charge in [-0.15, -0.1) is 0 Å². The van der Waals surface area contributed by atoms with Crippen LogP contribution < -0.4 is 5.32 Å². The van der Waals surface area contributed by atoms with Crippen LogP contribution in [0.5, 0.6) is 0 Å². The van der Waals surface area contributed by atoms with Crippen LogP contribution in [-0.2, 0) is 4.74 Å². The molecular weight excluding hydrogens is 226 g/mol. The highest BCUT2D eigenvalue weighted by Crippen LogP contribution is 2.49. The van der Waals surface area contributed by atoms with Gasteiger partial charge in [-0.2, -0.15) is 0 Å². The molecule has 2 rings (SSSR count). The van der Waals surface area contributed by atoms with Crippen molar-refractivity contribution in [3.63, 3.8) is 0 Å². The topological polar surface area (TPSA) is 41.5 Å². The lowest BCUT2D eigenvalue weighted by Crippen LogP contribution is -2.64. The Morgan fingerprint density at radius 2 is 2.00 bits per heavy atom. The molecule has 0 aromatic rings. The minimum absolute atomic E-state index is 0.271. The molecule has 0 aromatic heterocycles. The summed E-state index contributed by atoms with van der Waals surface area (Å²) in [6.07, 6.45) is 9.25. The maximum absolute atomic E-state index is 9.17. The molecule has 0 unspecified atom stereocenters. The van der Waals surface area contributed by atoms with E-state index in [1.54, 1.807) is 0 Å². The Kier molecular flexibility index (Phi) is 4.46. The fourth-order valence-electron chi connectivity index (χ4n) is 3.80. The molecule has 0 saturated heterocycles. The third-order valence-corrected chi connectivity index (χ3v) is 5.21. The van der Waals surface area contributed by atoms with Crippen molar-refractivity contribution >= 4 is 0 Å². The second-order valence-electron chi connectivity index (χ2n) is 5.79. The highest BCUT2D eigenvalue weighted by atomic mass is 16.5.